The van der Waals surface area contributed by atoms with Crippen LogP contribution in [-0.4, -0.2) is 24.6 Å². The molecule has 7 heteroatoms. The van der Waals surface area contributed by atoms with Crippen molar-refractivity contribution in [3.8, 4) is 11.8 Å². The van der Waals surface area contributed by atoms with Crippen molar-refractivity contribution >= 4 is 18.5 Å². The summed E-state index contributed by atoms with van der Waals surface area (Å²) in [5.74, 6) is 0.751. The predicted molar refractivity (Wildman–Crippen MR) is 119 cm³/mol. The molecule has 0 aromatic heterocycles. The number of ether oxygens (including phenoxy) is 1. The molecule has 0 saturated heterocycles. The van der Waals surface area contributed by atoms with E-state index in [1.807, 2.05) is 32.0 Å². The first-order valence-corrected chi connectivity index (χ1v) is 10.2. The highest BCUT2D eigenvalue weighted by atomic mass is 16.6. The van der Waals surface area contributed by atoms with Crippen molar-refractivity contribution in [3.05, 3.63) is 64.2 Å². The van der Waals surface area contributed by atoms with E-state index in [1.54, 1.807) is 18.2 Å². The molecule has 1 N–H and O–H groups in total. The Morgan fingerprint density at radius 1 is 1.35 bits per heavy atom. The molecule has 1 unspecified atom stereocenters. The molecule has 1 aliphatic carbocycles. The molecule has 160 valence electrons. The summed E-state index contributed by atoms with van der Waals surface area (Å²) < 4.78 is 5.68. The largest absolute Gasteiger partial charge is 0.490 e. The van der Waals surface area contributed by atoms with E-state index >= 15 is 0 Å². The van der Waals surface area contributed by atoms with Crippen molar-refractivity contribution < 1.29 is 14.4 Å². The van der Waals surface area contributed by atoms with Crippen LogP contribution in [0.4, 0.5) is 0 Å². The molecule has 0 saturated carbocycles. The topological polar surface area (TPSA) is 96.1 Å². The minimum atomic E-state index is -0.0429. The highest BCUT2D eigenvalue weighted by Crippen LogP contribution is 2.33. The number of carbonyl (C=O) groups excluding carboxylic acids is 1. The summed E-state index contributed by atoms with van der Waals surface area (Å²) >= 11 is 0. The summed E-state index contributed by atoms with van der Waals surface area (Å²) in [6, 6.07) is 13.4. The summed E-state index contributed by atoms with van der Waals surface area (Å²) in [5, 5.41) is 16.0. The number of nitrogens with one attached hydrogen (secondary N) is 1. The van der Waals surface area contributed by atoms with E-state index in [4.69, 9.17) is 9.57 Å². The molecule has 31 heavy (non-hydrogen) atoms. The summed E-state index contributed by atoms with van der Waals surface area (Å²) in [5.41, 5.74) is 4.41. The van der Waals surface area contributed by atoms with Crippen molar-refractivity contribution in [2.75, 3.05) is 0 Å². The lowest BCUT2D eigenvalue weighted by molar-refractivity contribution is -0.119. The van der Waals surface area contributed by atoms with Gasteiger partial charge in [-0.1, -0.05) is 23.4 Å². The number of fused-ring (bicyclic) bond motifs is 1. The van der Waals surface area contributed by atoms with Crippen LogP contribution in [0.2, 0.25) is 0 Å². The first-order valence-electron chi connectivity index (χ1n) is 10.2. The number of rotatable bonds is 7. The van der Waals surface area contributed by atoms with Crippen molar-refractivity contribution in [3.63, 3.8) is 0 Å². The van der Waals surface area contributed by atoms with Crippen molar-refractivity contribution in [1.29, 1.82) is 5.26 Å². The summed E-state index contributed by atoms with van der Waals surface area (Å²) in [4.78, 5) is 21.4. The Bertz CT molecular complexity index is 1050. The smallest absolute Gasteiger partial charge is 0.251 e. The number of carbonyl (C=O) groups is 1. The van der Waals surface area contributed by atoms with Crippen LogP contribution in [0.1, 0.15) is 61.1 Å². The van der Waals surface area contributed by atoms with Gasteiger partial charge in [-0.15, -0.1) is 0 Å². The van der Waals surface area contributed by atoms with Gasteiger partial charge in [0.05, 0.1) is 24.3 Å². The third-order valence-corrected chi connectivity index (χ3v) is 5.00. The Balaban J connectivity index is 1.88. The number of aliphatic imine (C=N–C) groups is 1. The molecule has 0 bridgehead atoms. The Labute approximate surface area is 182 Å². The van der Waals surface area contributed by atoms with Crippen LogP contribution in [0, 0.1) is 11.3 Å². The molecular formula is C24H26N4O3. The first-order chi connectivity index (χ1) is 14.9. The fraction of sp³-hybridized carbons (Fsp3) is 0.333. The maximum absolute atomic E-state index is 11.5. The Morgan fingerprint density at radius 2 is 2.16 bits per heavy atom. The van der Waals surface area contributed by atoms with Crippen LogP contribution in [0.15, 0.2) is 46.5 Å². The van der Waals surface area contributed by atoms with Crippen molar-refractivity contribution in [1.82, 2.24) is 5.32 Å². The van der Waals surface area contributed by atoms with Crippen molar-refractivity contribution in [2.24, 2.45) is 10.1 Å². The second-order valence-corrected chi connectivity index (χ2v) is 7.61. The van der Waals surface area contributed by atoms with E-state index in [0.29, 0.717) is 23.4 Å². The monoisotopic (exact) mass is 418 g/mol. The minimum absolute atomic E-state index is 0.0350. The lowest BCUT2D eigenvalue weighted by Crippen LogP contribution is -2.24. The maximum atomic E-state index is 11.5. The van der Waals surface area contributed by atoms with E-state index < -0.39 is 0 Å². The number of oxime groups is 1. The average Bonchev–Trinajstić information content (AvgIpc) is 3.14. The normalized spacial score (nSPS) is 15.2. The highest BCUT2D eigenvalue weighted by molar-refractivity contribution is 5.94. The molecule has 7 nitrogen and oxygen atoms in total. The van der Waals surface area contributed by atoms with E-state index in [-0.39, 0.29) is 24.0 Å². The SMILES string of the molecule is C=NO/C(=N\Cc1cccc2c1CCC2NC(C)=O)c1ccc(OC(C)C)c(C#N)c1. The van der Waals surface area contributed by atoms with Crippen LogP contribution in [0.5, 0.6) is 5.75 Å². The first kappa shape index (κ1) is 22.0. The zero-order valence-electron chi connectivity index (χ0n) is 18.0. The second-order valence-electron chi connectivity index (χ2n) is 7.61. The number of amides is 1. The highest BCUT2D eigenvalue weighted by Gasteiger charge is 2.25. The molecule has 0 aliphatic heterocycles. The minimum Gasteiger partial charge on any atom is -0.490 e. The zero-order chi connectivity index (χ0) is 22.4. The molecule has 1 amide bonds. The van der Waals surface area contributed by atoms with Gasteiger partial charge in [-0.3, -0.25) is 4.79 Å². The fourth-order valence-electron chi connectivity index (χ4n) is 3.77. The van der Waals surface area contributed by atoms with Crippen LogP contribution >= 0.6 is 0 Å². The molecule has 0 fully saturated rings. The Kier molecular flexibility index (Phi) is 7.03. The Hall–Kier alpha value is -3.66. The standard InChI is InChI=1S/C24H26N4O3/c1-15(2)30-23-11-8-17(12-19(23)13-25)24(31-26-4)27-14-18-6-5-7-21-20(18)9-10-22(21)28-16(3)29/h5-8,11-12,15,22H,4,9-10,14H2,1-3H3,(H,28,29)/b27-24-. The third kappa shape index (κ3) is 5.28. The predicted octanol–water partition coefficient (Wildman–Crippen LogP) is 4.05. The Morgan fingerprint density at radius 3 is 2.84 bits per heavy atom. The number of nitriles is 1. The number of nitrogens with zero attached hydrogens (tertiary/aromatic N) is 3. The summed E-state index contributed by atoms with van der Waals surface area (Å²) in [6.45, 7) is 9.12. The molecule has 3 rings (SSSR count). The van der Waals surface area contributed by atoms with Gasteiger partial charge in [-0.2, -0.15) is 5.26 Å². The van der Waals surface area contributed by atoms with Crippen LogP contribution < -0.4 is 10.1 Å². The van der Waals surface area contributed by atoms with Gasteiger partial charge in [0.15, 0.2) is 0 Å². The van der Waals surface area contributed by atoms with Crippen LogP contribution in [0.25, 0.3) is 0 Å². The van der Waals surface area contributed by atoms with Crippen molar-refractivity contribution in [2.45, 2.75) is 52.3 Å². The molecule has 2 aromatic carbocycles. The molecule has 1 atom stereocenters. The van der Waals surface area contributed by atoms with E-state index in [2.05, 4.69) is 28.3 Å². The van der Waals surface area contributed by atoms with Crippen LogP contribution in [-0.2, 0) is 22.6 Å². The van der Waals surface area contributed by atoms with Gasteiger partial charge in [0, 0.05) is 19.2 Å². The lowest BCUT2D eigenvalue weighted by atomic mass is 10.0. The van der Waals surface area contributed by atoms with Gasteiger partial charge in [-0.25, -0.2) is 4.99 Å². The number of hydrogen-bond acceptors (Lipinski definition) is 6. The lowest BCUT2D eigenvalue weighted by Gasteiger charge is -2.14. The zero-order valence-corrected chi connectivity index (χ0v) is 18.0. The number of hydrogen-bond donors (Lipinski definition) is 1. The second kappa shape index (κ2) is 9.90. The van der Waals surface area contributed by atoms with Gasteiger partial charge < -0.3 is 14.9 Å². The molecular weight excluding hydrogens is 392 g/mol. The third-order valence-electron chi connectivity index (χ3n) is 5.00. The summed E-state index contributed by atoms with van der Waals surface area (Å²) in [6.07, 6.45) is 1.70. The number of benzene rings is 2. The molecule has 2 aromatic rings. The molecule has 0 heterocycles. The fourth-order valence-corrected chi connectivity index (χ4v) is 3.77. The molecule has 0 radical (unpaired) electrons. The quantitative estimate of drug-likeness (QED) is 0.417. The molecule has 0 spiro atoms. The van der Waals surface area contributed by atoms with Gasteiger partial charge in [-0.05, 0) is 61.6 Å². The van der Waals surface area contributed by atoms with Gasteiger partial charge in [0.1, 0.15) is 11.8 Å². The van der Waals surface area contributed by atoms with Gasteiger partial charge in [0.2, 0.25) is 5.91 Å². The summed E-state index contributed by atoms with van der Waals surface area (Å²) in [7, 11) is 0. The average molecular weight is 418 g/mol. The van der Waals surface area contributed by atoms with Gasteiger partial charge in [0.25, 0.3) is 5.90 Å². The van der Waals surface area contributed by atoms with E-state index in [1.165, 1.54) is 12.5 Å². The van der Waals surface area contributed by atoms with E-state index in [0.717, 1.165) is 24.0 Å². The van der Waals surface area contributed by atoms with Crippen LogP contribution in [0.3, 0.4) is 0 Å². The maximum Gasteiger partial charge on any atom is 0.251 e. The van der Waals surface area contributed by atoms with Gasteiger partial charge >= 0.3 is 0 Å². The molecule has 1 aliphatic rings. The van der Waals surface area contributed by atoms with E-state index in [9.17, 15) is 10.1 Å².